The van der Waals surface area contributed by atoms with Gasteiger partial charge in [0.1, 0.15) is 5.82 Å². The van der Waals surface area contributed by atoms with Gasteiger partial charge in [-0.15, -0.1) is 0 Å². The van der Waals surface area contributed by atoms with Crippen molar-refractivity contribution >= 4 is 27.7 Å². The van der Waals surface area contributed by atoms with Crippen molar-refractivity contribution in [2.45, 2.75) is 19.0 Å². The fourth-order valence-corrected chi connectivity index (χ4v) is 4.12. The van der Waals surface area contributed by atoms with Gasteiger partial charge in [0.25, 0.3) is 0 Å². The van der Waals surface area contributed by atoms with Gasteiger partial charge in [-0.1, -0.05) is 0 Å². The SMILES string of the molecule is CN(c1ccnc(N2CCOCC2)n1)C1CCN(Cc2cncc(Br)c2)C1. The van der Waals surface area contributed by atoms with Gasteiger partial charge in [-0.3, -0.25) is 9.88 Å². The minimum Gasteiger partial charge on any atom is -0.378 e. The van der Waals surface area contributed by atoms with Gasteiger partial charge in [0.2, 0.25) is 5.95 Å². The summed E-state index contributed by atoms with van der Waals surface area (Å²) in [5.41, 5.74) is 1.24. The van der Waals surface area contributed by atoms with Gasteiger partial charge in [-0.05, 0) is 40.0 Å². The molecule has 0 amide bonds. The lowest BCUT2D eigenvalue weighted by Gasteiger charge is -2.29. The molecule has 1 unspecified atom stereocenters. The zero-order valence-electron chi connectivity index (χ0n) is 15.6. The van der Waals surface area contributed by atoms with Crippen LogP contribution in [0.25, 0.3) is 0 Å². The summed E-state index contributed by atoms with van der Waals surface area (Å²) in [7, 11) is 2.14. The third-order valence-electron chi connectivity index (χ3n) is 5.25. The van der Waals surface area contributed by atoms with Crippen LogP contribution in [0, 0.1) is 0 Å². The smallest absolute Gasteiger partial charge is 0.227 e. The number of anilines is 2. The highest BCUT2D eigenvalue weighted by atomic mass is 79.9. The quantitative estimate of drug-likeness (QED) is 0.717. The molecule has 2 fully saturated rings. The Balaban J connectivity index is 1.39. The Morgan fingerprint density at radius 2 is 2.11 bits per heavy atom. The highest BCUT2D eigenvalue weighted by Gasteiger charge is 2.27. The highest BCUT2D eigenvalue weighted by molar-refractivity contribution is 9.10. The molecule has 27 heavy (non-hydrogen) atoms. The lowest BCUT2D eigenvalue weighted by molar-refractivity contribution is 0.122. The van der Waals surface area contributed by atoms with Gasteiger partial charge in [-0.25, -0.2) is 4.98 Å². The zero-order valence-corrected chi connectivity index (χ0v) is 17.2. The number of aromatic nitrogens is 3. The summed E-state index contributed by atoms with van der Waals surface area (Å²) >= 11 is 3.50. The van der Waals surface area contributed by atoms with Crippen molar-refractivity contribution in [2.24, 2.45) is 0 Å². The third-order valence-corrected chi connectivity index (χ3v) is 5.68. The van der Waals surface area contributed by atoms with Crippen LogP contribution in [-0.2, 0) is 11.3 Å². The molecule has 2 aliphatic heterocycles. The molecule has 8 heteroatoms. The van der Waals surface area contributed by atoms with E-state index in [1.54, 1.807) is 0 Å². The number of hydrogen-bond donors (Lipinski definition) is 0. The number of nitrogens with zero attached hydrogens (tertiary/aromatic N) is 6. The van der Waals surface area contributed by atoms with E-state index in [1.165, 1.54) is 5.56 Å². The number of hydrogen-bond acceptors (Lipinski definition) is 7. The Bertz CT molecular complexity index is 769. The molecule has 2 aromatic heterocycles. The average molecular weight is 433 g/mol. The minimum atomic E-state index is 0.456. The van der Waals surface area contributed by atoms with Crippen LogP contribution in [0.5, 0.6) is 0 Å². The molecule has 2 saturated heterocycles. The van der Waals surface area contributed by atoms with Crippen LogP contribution in [0.15, 0.2) is 35.2 Å². The van der Waals surface area contributed by atoms with Gasteiger partial charge < -0.3 is 14.5 Å². The Morgan fingerprint density at radius 3 is 2.93 bits per heavy atom. The maximum atomic E-state index is 5.43. The van der Waals surface area contributed by atoms with E-state index in [-0.39, 0.29) is 0 Å². The van der Waals surface area contributed by atoms with E-state index in [0.29, 0.717) is 6.04 Å². The first-order chi connectivity index (χ1) is 13.2. The standard InChI is InChI=1S/C19H25BrN6O/c1-24(18-2-4-22-19(23-18)26-6-8-27-9-7-26)17-3-5-25(14-17)13-15-10-16(20)12-21-11-15/h2,4,10-12,17H,3,5-9,13-14H2,1H3. The van der Waals surface area contributed by atoms with Gasteiger partial charge in [0.15, 0.2) is 0 Å². The topological polar surface area (TPSA) is 57.6 Å². The van der Waals surface area contributed by atoms with Gasteiger partial charge >= 0.3 is 0 Å². The van der Waals surface area contributed by atoms with E-state index in [4.69, 9.17) is 9.72 Å². The number of halogens is 1. The first-order valence-corrected chi connectivity index (χ1v) is 10.2. The molecule has 0 spiro atoms. The van der Waals surface area contributed by atoms with Crippen molar-refractivity contribution in [1.29, 1.82) is 0 Å². The molecule has 7 nitrogen and oxygen atoms in total. The summed E-state index contributed by atoms with van der Waals surface area (Å²) in [6, 6.07) is 4.60. The Hall–Kier alpha value is -1.77. The van der Waals surface area contributed by atoms with Crippen LogP contribution < -0.4 is 9.80 Å². The monoisotopic (exact) mass is 432 g/mol. The molecule has 4 heterocycles. The Morgan fingerprint density at radius 1 is 1.26 bits per heavy atom. The summed E-state index contributed by atoms with van der Waals surface area (Å²) in [6.45, 7) is 6.23. The van der Waals surface area contributed by atoms with Crippen LogP contribution >= 0.6 is 15.9 Å². The second-order valence-corrected chi connectivity index (χ2v) is 8.03. The fraction of sp³-hybridized carbons (Fsp3) is 0.526. The lowest BCUT2D eigenvalue weighted by atomic mass is 10.2. The molecule has 0 aliphatic carbocycles. The van der Waals surface area contributed by atoms with Crippen LogP contribution in [0.2, 0.25) is 0 Å². The number of ether oxygens (including phenoxy) is 1. The summed E-state index contributed by atoms with van der Waals surface area (Å²) < 4.78 is 6.46. The average Bonchev–Trinajstić information content (AvgIpc) is 3.16. The normalized spacial score (nSPS) is 20.8. The highest BCUT2D eigenvalue weighted by Crippen LogP contribution is 2.23. The van der Waals surface area contributed by atoms with Crippen molar-refractivity contribution in [3.05, 3.63) is 40.8 Å². The lowest BCUT2D eigenvalue weighted by Crippen LogP contribution is -2.38. The van der Waals surface area contributed by atoms with Crippen LogP contribution in [0.3, 0.4) is 0 Å². The van der Waals surface area contributed by atoms with Crippen LogP contribution in [-0.4, -0.2) is 72.3 Å². The number of likely N-dealkylation sites (tertiary alicyclic amines) is 1. The second kappa shape index (κ2) is 8.50. The van der Waals surface area contributed by atoms with Crippen molar-refractivity contribution in [1.82, 2.24) is 19.9 Å². The van der Waals surface area contributed by atoms with E-state index in [2.05, 4.69) is 53.7 Å². The molecule has 144 valence electrons. The predicted molar refractivity (Wildman–Crippen MR) is 109 cm³/mol. The number of morpholine rings is 1. The van der Waals surface area contributed by atoms with Crippen molar-refractivity contribution in [2.75, 3.05) is 56.2 Å². The summed E-state index contributed by atoms with van der Waals surface area (Å²) in [6.07, 6.45) is 6.77. The molecule has 2 aliphatic rings. The van der Waals surface area contributed by atoms with Crippen LogP contribution in [0.4, 0.5) is 11.8 Å². The maximum Gasteiger partial charge on any atom is 0.227 e. The van der Waals surface area contributed by atoms with E-state index in [1.807, 2.05) is 24.7 Å². The fourth-order valence-electron chi connectivity index (χ4n) is 3.71. The molecule has 1 atom stereocenters. The van der Waals surface area contributed by atoms with Crippen LogP contribution in [0.1, 0.15) is 12.0 Å². The predicted octanol–water partition coefficient (Wildman–Crippen LogP) is 2.18. The van der Waals surface area contributed by atoms with Gasteiger partial charge in [0, 0.05) is 68.9 Å². The van der Waals surface area contributed by atoms with E-state index >= 15 is 0 Å². The van der Waals surface area contributed by atoms with Crippen molar-refractivity contribution in [3.8, 4) is 0 Å². The molecule has 0 aromatic carbocycles. The summed E-state index contributed by atoms with van der Waals surface area (Å²) in [5, 5.41) is 0. The molecule has 0 radical (unpaired) electrons. The number of rotatable bonds is 5. The summed E-state index contributed by atoms with van der Waals surface area (Å²) in [4.78, 5) is 20.5. The molecule has 0 saturated carbocycles. The molecular weight excluding hydrogens is 408 g/mol. The van der Waals surface area contributed by atoms with Crippen molar-refractivity contribution < 1.29 is 4.74 Å². The Labute approximate surface area is 168 Å². The first-order valence-electron chi connectivity index (χ1n) is 9.39. The van der Waals surface area contributed by atoms with E-state index in [9.17, 15) is 0 Å². The molecule has 4 rings (SSSR count). The third kappa shape index (κ3) is 4.56. The number of likely N-dealkylation sites (N-methyl/N-ethyl adjacent to an activating group) is 1. The summed E-state index contributed by atoms with van der Waals surface area (Å²) in [5.74, 6) is 1.79. The van der Waals surface area contributed by atoms with Gasteiger partial charge in [0.05, 0.1) is 13.2 Å². The molecule has 0 N–H and O–H groups in total. The zero-order chi connectivity index (χ0) is 18.6. The van der Waals surface area contributed by atoms with E-state index in [0.717, 1.165) is 68.6 Å². The largest absolute Gasteiger partial charge is 0.378 e. The molecule has 2 aromatic rings. The first kappa shape index (κ1) is 18.6. The maximum absolute atomic E-state index is 5.43. The minimum absolute atomic E-state index is 0.456. The van der Waals surface area contributed by atoms with Crippen molar-refractivity contribution in [3.63, 3.8) is 0 Å². The molecule has 0 bridgehead atoms. The Kier molecular flexibility index (Phi) is 5.85. The molecular formula is C19H25BrN6O. The number of pyridine rings is 1. The van der Waals surface area contributed by atoms with E-state index < -0.39 is 0 Å². The second-order valence-electron chi connectivity index (χ2n) is 7.11. The van der Waals surface area contributed by atoms with Gasteiger partial charge in [-0.2, -0.15) is 4.98 Å².